The van der Waals surface area contributed by atoms with Crippen LogP contribution in [0.4, 0.5) is 5.69 Å². The maximum absolute atomic E-state index is 10.8. The molecule has 0 heterocycles. The largest absolute Gasteiger partial charge is 0.489 e. The van der Waals surface area contributed by atoms with Crippen LogP contribution in [0.25, 0.3) is 0 Å². The van der Waals surface area contributed by atoms with Crippen LogP contribution in [0.5, 0.6) is 5.75 Å². The third kappa shape index (κ3) is 2.73. The molecule has 5 heteroatoms. The lowest BCUT2D eigenvalue weighted by molar-refractivity contribution is -0.385. The van der Waals surface area contributed by atoms with Gasteiger partial charge in [0.1, 0.15) is 11.9 Å². The minimum atomic E-state index is -0.389. The summed E-state index contributed by atoms with van der Waals surface area (Å²) < 4.78 is 6.07. The van der Waals surface area contributed by atoms with Crippen molar-refractivity contribution in [1.82, 2.24) is 0 Å². The van der Waals surface area contributed by atoms with Crippen molar-refractivity contribution in [3.8, 4) is 5.75 Å². The van der Waals surface area contributed by atoms with Gasteiger partial charge in [0.25, 0.3) is 5.69 Å². The third-order valence-corrected chi connectivity index (χ3v) is 5.64. The minimum Gasteiger partial charge on any atom is -0.489 e. The predicted octanol–water partition coefficient (Wildman–Crippen LogP) is 4.69. The smallest absolute Gasteiger partial charge is 0.273 e. The molecule has 4 nitrogen and oxygen atoms in total. The van der Waals surface area contributed by atoms with Crippen LogP contribution in [-0.4, -0.2) is 16.4 Å². The Morgan fingerprint density at radius 2 is 1.95 bits per heavy atom. The van der Waals surface area contributed by atoms with E-state index in [1.54, 1.807) is 12.1 Å². The van der Waals surface area contributed by atoms with E-state index in [-0.39, 0.29) is 27.5 Å². The molecule has 3 rings (SSSR count). The molecule has 114 valence electrons. The molecule has 0 radical (unpaired) electrons. The first-order chi connectivity index (χ1) is 10.1. The molecule has 0 saturated heterocycles. The SMILES string of the molecule is O=[N+]([O-])c1cccc(OC2CC(Cl)C23CCCCCC3)c1. The lowest BCUT2D eigenvalue weighted by atomic mass is 9.61. The van der Waals surface area contributed by atoms with Crippen LogP contribution < -0.4 is 4.74 Å². The number of nitro benzene ring substituents is 1. The number of hydrogen-bond acceptors (Lipinski definition) is 3. The van der Waals surface area contributed by atoms with Gasteiger partial charge in [-0.15, -0.1) is 11.6 Å². The second-order valence-corrected chi connectivity index (χ2v) is 6.74. The lowest BCUT2D eigenvalue weighted by Crippen LogP contribution is -2.57. The fourth-order valence-corrected chi connectivity index (χ4v) is 4.24. The molecular formula is C16H20ClNO3. The van der Waals surface area contributed by atoms with Gasteiger partial charge in [0.05, 0.1) is 11.0 Å². The van der Waals surface area contributed by atoms with Gasteiger partial charge >= 0.3 is 0 Å². The van der Waals surface area contributed by atoms with Crippen molar-refractivity contribution >= 4 is 17.3 Å². The standard InChI is InChI=1S/C16H20ClNO3/c17-14-11-15(16(14)8-3-1-2-4-9-16)21-13-7-5-6-12(10-13)18(19)20/h5-7,10,14-15H,1-4,8-9,11H2. The summed E-state index contributed by atoms with van der Waals surface area (Å²) in [6.07, 6.45) is 8.12. The Kier molecular flexibility index (Phi) is 4.07. The van der Waals surface area contributed by atoms with Gasteiger partial charge in [-0.1, -0.05) is 31.7 Å². The second-order valence-electron chi connectivity index (χ2n) is 6.21. The van der Waals surface area contributed by atoms with Crippen molar-refractivity contribution < 1.29 is 9.66 Å². The van der Waals surface area contributed by atoms with E-state index in [1.807, 2.05) is 0 Å². The molecule has 1 aromatic rings. The van der Waals surface area contributed by atoms with Crippen LogP contribution in [0.15, 0.2) is 24.3 Å². The highest BCUT2D eigenvalue weighted by molar-refractivity contribution is 6.21. The van der Waals surface area contributed by atoms with E-state index < -0.39 is 0 Å². The van der Waals surface area contributed by atoms with Gasteiger partial charge in [0.15, 0.2) is 0 Å². The maximum atomic E-state index is 10.8. The molecule has 2 fully saturated rings. The highest BCUT2D eigenvalue weighted by atomic mass is 35.5. The quantitative estimate of drug-likeness (QED) is 0.462. The van der Waals surface area contributed by atoms with Crippen LogP contribution in [0.2, 0.25) is 0 Å². The van der Waals surface area contributed by atoms with Gasteiger partial charge in [-0.25, -0.2) is 0 Å². The van der Waals surface area contributed by atoms with Gasteiger partial charge in [0.2, 0.25) is 0 Å². The van der Waals surface area contributed by atoms with Crippen LogP contribution in [0.1, 0.15) is 44.9 Å². The Labute approximate surface area is 129 Å². The van der Waals surface area contributed by atoms with Crippen LogP contribution in [0, 0.1) is 15.5 Å². The number of nitrogens with zero attached hydrogens (tertiary/aromatic N) is 1. The van der Waals surface area contributed by atoms with E-state index in [4.69, 9.17) is 16.3 Å². The van der Waals surface area contributed by atoms with Crippen molar-refractivity contribution in [3.05, 3.63) is 34.4 Å². The zero-order chi connectivity index (χ0) is 14.9. The Morgan fingerprint density at radius 1 is 1.24 bits per heavy atom. The number of alkyl halides is 1. The molecule has 0 N–H and O–H groups in total. The molecule has 0 bridgehead atoms. The molecule has 2 aliphatic carbocycles. The molecule has 2 unspecified atom stereocenters. The molecule has 0 aliphatic heterocycles. The summed E-state index contributed by atoms with van der Waals surface area (Å²) in [6.45, 7) is 0. The zero-order valence-electron chi connectivity index (χ0n) is 12.0. The molecule has 2 aliphatic rings. The Morgan fingerprint density at radius 3 is 2.57 bits per heavy atom. The van der Waals surface area contributed by atoms with E-state index in [1.165, 1.54) is 37.8 Å². The molecule has 1 aromatic carbocycles. The van der Waals surface area contributed by atoms with Crippen molar-refractivity contribution in [2.45, 2.75) is 56.4 Å². The van der Waals surface area contributed by atoms with Gasteiger partial charge in [-0.2, -0.15) is 0 Å². The topological polar surface area (TPSA) is 52.4 Å². The number of non-ortho nitro benzene ring substituents is 1. The van der Waals surface area contributed by atoms with Gasteiger partial charge < -0.3 is 4.74 Å². The molecular weight excluding hydrogens is 290 g/mol. The van der Waals surface area contributed by atoms with Crippen LogP contribution in [-0.2, 0) is 0 Å². The van der Waals surface area contributed by atoms with Crippen molar-refractivity contribution in [2.75, 3.05) is 0 Å². The van der Waals surface area contributed by atoms with Gasteiger partial charge in [-0.05, 0) is 18.9 Å². The summed E-state index contributed by atoms with van der Waals surface area (Å²) in [4.78, 5) is 10.5. The molecule has 0 amide bonds. The molecule has 1 spiro atoms. The van der Waals surface area contributed by atoms with E-state index in [9.17, 15) is 10.1 Å². The lowest BCUT2D eigenvalue weighted by Gasteiger charge is -2.53. The molecule has 0 aromatic heterocycles. The van der Waals surface area contributed by atoms with E-state index in [0.29, 0.717) is 5.75 Å². The van der Waals surface area contributed by atoms with E-state index >= 15 is 0 Å². The average molecular weight is 310 g/mol. The summed E-state index contributed by atoms with van der Waals surface area (Å²) in [5.74, 6) is 0.585. The number of benzene rings is 1. The van der Waals surface area contributed by atoms with Crippen molar-refractivity contribution in [3.63, 3.8) is 0 Å². The highest BCUT2D eigenvalue weighted by Crippen LogP contribution is 2.55. The Balaban J connectivity index is 1.75. The number of ether oxygens (including phenoxy) is 1. The first kappa shape index (κ1) is 14.6. The first-order valence-electron chi connectivity index (χ1n) is 7.67. The van der Waals surface area contributed by atoms with Crippen LogP contribution >= 0.6 is 11.6 Å². The number of nitro groups is 1. The Bertz CT molecular complexity index is 526. The second kappa shape index (κ2) is 5.84. The highest BCUT2D eigenvalue weighted by Gasteiger charge is 2.55. The molecule has 2 saturated carbocycles. The van der Waals surface area contributed by atoms with Crippen LogP contribution in [0.3, 0.4) is 0 Å². The number of halogens is 1. The zero-order valence-corrected chi connectivity index (χ0v) is 12.7. The molecule has 21 heavy (non-hydrogen) atoms. The summed E-state index contributed by atoms with van der Waals surface area (Å²) in [6, 6.07) is 6.45. The first-order valence-corrected chi connectivity index (χ1v) is 8.11. The number of hydrogen-bond donors (Lipinski definition) is 0. The van der Waals surface area contributed by atoms with Gasteiger partial charge in [0, 0.05) is 23.3 Å². The summed E-state index contributed by atoms with van der Waals surface area (Å²) in [5, 5.41) is 11.0. The Hall–Kier alpha value is -1.29. The predicted molar refractivity (Wildman–Crippen MR) is 81.9 cm³/mol. The number of rotatable bonds is 3. The fourth-order valence-electron chi connectivity index (χ4n) is 3.72. The van der Waals surface area contributed by atoms with E-state index in [0.717, 1.165) is 19.3 Å². The molecule has 2 atom stereocenters. The summed E-state index contributed by atoms with van der Waals surface area (Å²) in [5.41, 5.74) is 0.145. The van der Waals surface area contributed by atoms with E-state index in [2.05, 4.69) is 0 Å². The monoisotopic (exact) mass is 309 g/mol. The average Bonchev–Trinajstić information content (AvgIpc) is 2.75. The summed E-state index contributed by atoms with van der Waals surface area (Å²) >= 11 is 6.51. The van der Waals surface area contributed by atoms with Crippen molar-refractivity contribution in [2.24, 2.45) is 5.41 Å². The van der Waals surface area contributed by atoms with Gasteiger partial charge in [-0.3, -0.25) is 10.1 Å². The minimum absolute atomic E-state index is 0.0721. The third-order valence-electron chi connectivity index (χ3n) is 5.03. The maximum Gasteiger partial charge on any atom is 0.273 e. The van der Waals surface area contributed by atoms with Crippen molar-refractivity contribution in [1.29, 1.82) is 0 Å². The normalized spacial score (nSPS) is 27.7. The summed E-state index contributed by atoms with van der Waals surface area (Å²) in [7, 11) is 0. The fraction of sp³-hybridized carbons (Fsp3) is 0.625.